The molecule has 2 unspecified atom stereocenters. The lowest BCUT2D eigenvalue weighted by Gasteiger charge is -2.13. The first-order chi connectivity index (χ1) is 9.43. The van der Waals surface area contributed by atoms with Gasteiger partial charge in [-0.3, -0.25) is 4.79 Å². The highest BCUT2D eigenvalue weighted by Gasteiger charge is 2.15. The van der Waals surface area contributed by atoms with Gasteiger partial charge in [-0.2, -0.15) is 0 Å². The van der Waals surface area contributed by atoms with Crippen LogP contribution in [0.15, 0.2) is 18.2 Å². The summed E-state index contributed by atoms with van der Waals surface area (Å²) < 4.78 is 5.32. The Morgan fingerprint density at radius 2 is 2.00 bits per heavy atom. The minimum atomic E-state index is 0.0824. The highest BCUT2D eigenvalue weighted by Crippen LogP contribution is 2.22. The highest BCUT2D eigenvalue weighted by molar-refractivity contribution is 5.83. The Kier molecular flexibility index (Phi) is 6.73. The highest BCUT2D eigenvalue weighted by atomic mass is 16.5. The van der Waals surface area contributed by atoms with Crippen LogP contribution < -0.4 is 10.5 Å². The second-order valence-corrected chi connectivity index (χ2v) is 5.77. The maximum absolute atomic E-state index is 12.3. The number of ketones is 1. The van der Waals surface area contributed by atoms with Gasteiger partial charge in [0.1, 0.15) is 11.5 Å². The minimum Gasteiger partial charge on any atom is -0.496 e. The van der Waals surface area contributed by atoms with Gasteiger partial charge in [-0.25, -0.2) is 0 Å². The molecule has 112 valence electrons. The summed E-state index contributed by atoms with van der Waals surface area (Å²) in [6.07, 6.45) is 3.35. The largest absolute Gasteiger partial charge is 0.496 e. The van der Waals surface area contributed by atoms with Crippen LogP contribution in [0.25, 0.3) is 0 Å². The normalized spacial score (nSPS) is 13.8. The monoisotopic (exact) mass is 277 g/mol. The molecule has 0 aliphatic carbocycles. The van der Waals surface area contributed by atoms with Crippen molar-refractivity contribution in [2.45, 2.75) is 52.5 Å². The number of carbonyl (C=O) groups is 1. The second-order valence-electron chi connectivity index (χ2n) is 5.77. The van der Waals surface area contributed by atoms with Crippen molar-refractivity contribution in [1.29, 1.82) is 0 Å². The lowest BCUT2D eigenvalue weighted by atomic mass is 9.93. The number of rotatable bonds is 8. The molecule has 2 N–H and O–H groups in total. The smallest absolute Gasteiger partial charge is 0.140 e. The Bertz CT molecular complexity index is 441. The van der Waals surface area contributed by atoms with Gasteiger partial charge in [0, 0.05) is 23.9 Å². The zero-order valence-corrected chi connectivity index (χ0v) is 13.1. The second kappa shape index (κ2) is 8.05. The first kappa shape index (κ1) is 16.7. The molecule has 0 heterocycles. The zero-order chi connectivity index (χ0) is 15.1. The average molecular weight is 277 g/mol. The third-order valence-corrected chi connectivity index (χ3v) is 3.65. The van der Waals surface area contributed by atoms with Gasteiger partial charge in [0.15, 0.2) is 0 Å². The van der Waals surface area contributed by atoms with Crippen LogP contribution in [-0.2, 0) is 11.2 Å². The van der Waals surface area contributed by atoms with Crippen molar-refractivity contribution in [2.75, 3.05) is 7.11 Å². The number of Topliss-reactive ketones (excluding diaryl/α,β-unsaturated/α-hetero) is 1. The number of methoxy groups -OCH3 is 1. The van der Waals surface area contributed by atoms with Crippen molar-refractivity contribution in [3.8, 4) is 5.75 Å². The van der Waals surface area contributed by atoms with E-state index >= 15 is 0 Å². The van der Waals surface area contributed by atoms with Gasteiger partial charge in [-0.1, -0.05) is 31.0 Å². The van der Waals surface area contributed by atoms with E-state index in [-0.39, 0.29) is 17.7 Å². The molecule has 1 aromatic carbocycles. The predicted octanol–water partition coefficient (Wildman–Crippen LogP) is 3.27. The van der Waals surface area contributed by atoms with Crippen molar-refractivity contribution in [2.24, 2.45) is 11.7 Å². The van der Waals surface area contributed by atoms with Gasteiger partial charge in [-0.05, 0) is 32.8 Å². The van der Waals surface area contributed by atoms with Crippen LogP contribution >= 0.6 is 0 Å². The lowest BCUT2D eigenvalue weighted by molar-refractivity contribution is -0.121. The summed E-state index contributed by atoms with van der Waals surface area (Å²) >= 11 is 0. The molecule has 0 bridgehead atoms. The zero-order valence-electron chi connectivity index (χ0n) is 13.1. The molecule has 0 saturated carbocycles. The first-order valence-corrected chi connectivity index (χ1v) is 7.35. The number of hydrogen-bond donors (Lipinski definition) is 1. The number of benzene rings is 1. The number of carbonyl (C=O) groups excluding carboxylic acids is 1. The van der Waals surface area contributed by atoms with E-state index in [2.05, 4.69) is 0 Å². The van der Waals surface area contributed by atoms with E-state index in [4.69, 9.17) is 10.5 Å². The summed E-state index contributed by atoms with van der Waals surface area (Å²) in [6, 6.07) is 6.18. The number of ether oxygens (including phenoxy) is 1. The molecule has 0 radical (unpaired) electrons. The predicted molar refractivity (Wildman–Crippen MR) is 83.1 cm³/mol. The molecule has 0 saturated heterocycles. The molecular weight excluding hydrogens is 250 g/mol. The summed E-state index contributed by atoms with van der Waals surface area (Å²) in [5, 5.41) is 0. The molecule has 0 amide bonds. The summed E-state index contributed by atoms with van der Waals surface area (Å²) in [7, 11) is 1.64. The van der Waals surface area contributed by atoms with Gasteiger partial charge < -0.3 is 10.5 Å². The van der Waals surface area contributed by atoms with Crippen LogP contribution in [-0.4, -0.2) is 18.9 Å². The summed E-state index contributed by atoms with van der Waals surface area (Å²) in [4.78, 5) is 12.3. The molecule has 0 aliphatic heterocycles. The fourth-order valence-electron chi connectivity index (χ4n) is 2.31. The maximum atomic E-state index is 12.3. The molecule has 0 spiro atoms. The van der Waals surface area contributed by atoms with Gasteiger partial charge in [0.25, 0.3) is 0 Å². The van der Waals surface area contributed by atoms with Crippen molar-refractivity contribution in [3.05, 3.63) is 29.3 Å². The molecule has 3 heteroatoms. The Hall–Kier alpha value is -1.35. The molecule has 1 aromatic rings. The van der Waals surface area contributed by atoms with Crippen molar-refractivity contribution in [1.82, 2.24) is 0 Å². The molecule has 1 rings (SSSR count). The minimum absolute atomic E-state index is 0.0824. The van der Waals surface area contributed by atoms with Crippen molar-refractivity contribution < 1.29 is 9.53 Å². The first-order valence-electron chi connectivity index (χ1n) is 7.35. The van der Waals surface area contributed by atoms with E-state index in [0.717, 1.165) is 36.1 Å². The SMILES string of the molecule is COc1ccc(C)cc1CC(=O)C(C)CCCC(C)N. The van der Waals surface area contributed by atoms with Crippen LogP contribution in [0, 0.1) is 12.8 Å². The lowest BCUT2D eigenvalue weighted by Crippen LogP contribution is -2.17. The van der Waals surface area contributed by atoms with Crippen molar-refractivity contribution >= 4 is 5.78 Å². The average Bonchev–Trinajstić information content (AvgIpc) is 2.38. The van der Waals surface area contributed by atoms with E-state index in [9.17, 15) is 4.79 Å². The third kappa shape index (κ3) is 5.33. The van der Waals surface area contributed by atoms with Crippen LogP contribution in [0.5, 0.6) is 5.75 Å². The topological polar surface area (TPSA) is 52.3 Å². The Balaban J connectivity index is 2.59. The van der Waals surface area contributed by atoms with E-state index in [0.29, 0.717) is 6.42 Å². The van der Waals surface area contributed by atoms with Gasteiger partial charge >= 0.3 is 0 Å². The van der Waals surface area contributed by atoms with E-state index < -0.39 is 0 Å². The Morgan fingerprint density at radius 3 is 2.60 bits per heavy atom. The molecule has 0 fully saturated rings. The summed E-state index contributed by atoms with van der Waals surface area (Å²) in [5.41, 5.74) is 7.87. The number of hydrogen-bond acceptors (Lipinski definition) is 3. The Morgan fingerprint density at radius 1 is 1.30 bits per heavy atom. The van der Waals surface area contributed by atoms with Gasteiger partial charge in [0.05, 0.1) is 7.11 Å². The van der Waals surface area contributed by atoms with Gasteiger partial charge in [0.2, 0.25) is 0 Å². The molecule has 3 nitrogen and oxygen atoms in total. The van der Waals surface area contributed by atoms with Crippen LogP contribution in [0.2, 0.25) is 0 Å². The fraction of sp³-hybridized carbons (Fsp3) is 0.588. The molecule has 20 heavy (non-hydrogen) atoms. The van der Waals surface area contributed by atoms with Crippen molar-refractivity contribution in [3.63, 3.8) is 0 Å². The van der Waals surface area contributed by atoms with E-state index in [1.54, 1.807) is 7.11 Å². The quantitative estimate of drug-likeness (QED) is 0.793. The Labute approximate surface area is 122 Å². The number of aryl methyl sites for hydroxylation is 1. The molecule has 2 atom stereocenters. The molecule has 0 aromatic heterocycles. The van der Waals surface area contributed by atoms with E-state index in [1.807, 2.05) is 39.0 Å². The molecular formula is C17H27NO2. The number of nitrogens with two attached hydrogens (primary N) is 1. The van der Waals surface area contributed by atoms with E-state index in [1.165, 1.54) is 0 Å². The maximum Gasteiger partial charge on any atom is 0.140 e. The summed E-state index contributed by atoms with van der Waals surface area (Å²) in [5.74, 6) is 1.16. The van der Waals surface area contributed by atoms with Gasteiger partial charge in [-0.15, -0.1) is 0 Å². The van der Waals surface area contributed by atoms with Crippen LogP contribution in [0.1, 0.15) is 44.2 Å². The fourth-order valence-corrected chi connectivity index (χ4v) is 2.31. The van der Waals surface area contributed by atoms with Crippen LogP contribution in [0.3, 0.4) is 0 Å². The standard InChI is InChI=1S/C17H27NO2/c1-12-8-9-17(20-4)15(10-12)11-16(19)13(2)6-5-7-14(3)18/h8-10,13-14H,5-7,11,18H2,1-4H3. The van der Waals surface area contributed by atoms with Crippen LogP contribution in [0.4, 0.5) is 0 Å². The third-order valence-electron chi connectivity index (χ3n) is 3.65. The summed E-state index contributed by atoms with van der Waals surface area (Å²) in [6.45, 7) is 6.04. The molecule has 0 aliphatic rings.